The highest BCUT2D eigenvalue weighted by Crippen LogP contribution is 2.31. The average molecular weight is 288 g/mol. The maximum Gasteiger partial charge on any atom is 0.167 e. The van der Waals surface area contributed by atoms with Gasteiger partial charge in [-0.05, 0) is 32.4 Å². The van der Waals surface area contributed by atoms with Crippen LogP contribution in [0.4, 0.5) is 0 Å². The van der Waals surface area contributed by atoms with Gasteiger partial charge in [-0.1, -0.05) is 20.8 Å². The molecule has 0 amide bonds. The summed E-state index contributed by atoms with van der Waals surface area (Å²) in [5, 5.41) is 14.9. The van der Waals surface area contributed by atoms with E-state index < -0.39 is 0 Å². The smallest absolute Gasteiger partial charge is 0.167 e. The Morgan fingerprint density at radius 3 is 2.71 bits per heavy atom. The zero-order valence-electron chi connectivity index (χ0n) is 13.3. The van der Waals surface area contributed by atoms with Crippen LogP contribution in [0.1, 0.15) is 62.7 Å². The second-order valence-electron chi connectivity index (χ2n) is 6.94. The SMILES string of the molecule is Cc1nc(C2CCCN2Cc2cc(C(C)(C)C)n[nH]2)n[nH]1. The molecule has 1 atom stereocenters. The number of aryl methyl sites for hydroxylation is 1. The molecule has 0 radical (unpaired) electrons. The Balaban J connectivity index is 1.73. The van der Waals surface area contributed by atoms with Crippen molar-refractivity contribution in [2.75, 3.05) is 6.54 Å². The summed E-state index contributed by atoms with van der Waals surface area (Å²) < 4.78 is 0. The van der Waals surface area contributed by atoms with Crippen molar-refractivity contribution in [1.82, 2.24) is 30.3 Å². The first-order chi connectivity index (χ1) is 9.93. The van der Waals surface area contributed by atoms with E-state index in [1.54, 1.807) is 0 Å². The lowest BCUT2D eigenvalue weighted by Crippen LogP contribution is -2.23. The Morgan fingerprint density at radius 1 is 1.29 bits per heavy atom. The number of nitrogens with zero attached hydrogens (tertiary/aromatic N) is 4. The largest absolute Gasteiger partial charge is 0.287 e. The van der Waals surface area contributed by atoms with Crippen molar-refractivity contribution in [3.63, 3.8) is 0 Å². The summed E-state index contributed by atoms with van der Waals surface area (Å²) in [4.78, 5) is 6.93. The summed E-state index contributed by atoms with van der Waals surface area (Å²) in [7, 11) is 0. The van der Waals surface area contributed by atoms with Crippen LogP contribution in [0.5, 0.6) is 0 Å². The predicted molar refractivity (Wildman–Crippen MR) is 80.8 cm³/mol. The van der Waals surface area contributed by atoms with E-state index in [9.17, 15) is 0 Å². The predicted octanol–water partition coefficient (Wildman–Crippen LogP) is 2.47. The maximum absolute atomic E-state index is 4.49. The summed E-state index contributed by atoms with van der Waals surface area (Å²) in [6.45, 7) is 10.5. The van der Waals surface area contributed by atoms with E-state index in [-0.39, 0.29) is 5.41 Å². The molecule has 2 N–H and O–H groups in total. The zero-order chi connectivity index (χ0) is 15.0. The van der Waals surface area contributed by atoms with Crippen LogP contribution in [0.15, 0.2) is 6.07 Å². The number of H-pyrrole nitrogens is 2. The molecule has 114 valence electrons. The van der Waals surface area contributed by atoms with Gasteiger partial charge in [-0.15, -0.1) is 0 Å². The molecule has 0 aromatic carbocycles. The van der Waals surface area contributed by atoms with E-state index in [4.69, 9.17) is 0 Å². The molecule has 0 bridgehead atoms. The summed E-state index contributed by atoms with van der Waals surface area (Å²) in [5.74, 6) is 1.80. The van der Waals surface area contributed by atoms with Crippen molar-refractivity contribution in [1.29, 1.82) is 0 Å². The van der Waals surface area contributed by atoms with Crippen molar-refractivity contribution >= 4 is 0 Å². The Bertz CT molecular complexity index is 606. The van der Waals surface area contributed by atoms with Crippen molar-refractivity contribution in [3.05, 3.63) is 29.1 Å². The molecule has 0 aliphatic carbocycles. The van der Waals surface area contributed by atoms with Gasteiger partial charge in [0, 0.05) is 17.7 Å². The Morgan fingerprint density at radius 2 is 2.10 bits per heavy atom. The van der Waals surface area contributed by atoms with Gasteiger partial charge in [0.25, 0.3) is 0 Å². The number of aromatic amines is 2. The number of hydrogen-bond donors (Lipinski definition) is 2. The molecule has 1 fully saturated rings. The highest BCUT2D eigenvalue weighted by molar-refractivity contribution is 5.16. The zero-order valence-corrected chi connectivity index (χ0v) is 13.3. The Kier molecular flexibility index (Phi) is 3.57. The highest BCUT2D eigenvalue weighted by atomic mass is 15.3. The topological polar surface area (TPSA) is 73.5 Å². The second kappa shape index (κ2) is 5.26. The molecular formula is C15H24N6. The van der Waals surface area contributed by atoms with Gasteiger partial charge in [-0.25, -0.2) is 4.98 Å². The molecule has 1 aliphatic rings. The van der Waals surface area contributed by atoms with E-state index in [2.05, 4.69) is 57.1 Å². The Labute approximate surface area is 125 Å². The first-order valence-corrected chi connectivity index (χ1v) is 7.61. The quantitative estimate of drug-likeness (QED) is 0.910. The summed E-state index contributed by atoms with van der Waals surface area (Å²) in [5.41, 5.74) is 2.36. The fourth-order valence-corrected chi connectivity index (χ4v) is 2.86. The van der Waals surface area contributed by atoms with Crippen LogP contribution in [0.25, 0.3) is 0 Å². The van der Waals surface area contributed by atoms with Crippen LogP contribution in [-0.2, 0) is 12.0 Å². The van der Waals surface area contributed by atoms with Gasteiger partial charge in [0.05, 0.1) is 11.7 Å². The molecule has 21 heavy (non-hydrogen) atoms. The molecule has 2 aromatic rings. The van der Waals surface area contributed by atoms with Crippen molar-refractivity contribution in [3.8, 4) is 0 Å². The minimum atomic E-state index is 0.0834. The lowest BCUT2D eigenvalue weighted by atomic mass is 9.92. The fraction of sp³-hybridized carbons (Fsp3) is 0.667. The fourth-order valence-electron chi connectivity index (χ4n) is 2.86. The molecule has 0 spiro atoms. The van der Waals surface area contributed by atoms with Gasteiger partial charge in [0.15, 0.2) is 5.82 Å². The molecule has 3 rings (SSSR count). The molecule has 6 heteroatoms. The number of rotatable bonds is 3. The van der Waals surface area contributed by atoms with Crippen LogP contribution < -0.4 is 0 Å². The number of nitrogens with one attached hydrogen (secondary N) is 2. The normalized spacial score (nSPS) is 20.3. The molecule has 1 unspecified atom stereocenters. The maximum atomic E-state index is 4.49. The summed E-state index contributed by atoms with van der Waals surface area (Å²) >= 11 is 0. The van der Waals surface area contributed by atoms with Crippen LogP contribution in [0, 0.1) is 6.92 Å². The van der Waals surface area contributed by atoms with Crippen molar-refractivity contribution in [2.24, 2.45) is 0 Å². The molecule has 3 heterocycles. The standard InChI is InChI=1S/C15H24N6/c1-10-16-14(20-17-10)12-6-5-7-21(12)9-11-8-13(19-18-11)15(2,3)4/h8,12H,5-7,9H2,1-4H3,(H,18,19)(H,16,17,20). The number of aromatic nitrogens is 5. The number of likely N-dealkylation sites (tertiary alicyclic amines) is 1. The molecule has 6 nitrogen and oxygen atoms in total. The molecule has 1 saturated heterocycles. The van der Waals surface area contributed by atoms with E-state index >= 15 is 0 Å². The van der Waals surface area contributed by atoms with Gasteiger partial charge in [-0.3, -0.25) is 15.1 Å². The molecule has 1 aliphatic heterocycles. The highest BCUT2D eigenvalue weighted by Gasteiger charge is 2.29. The van der Waals surface area contributed by atoms with Crippen molar-refractivity contribution < 1.29 is 0 Å². The van der Waals surface area contributed by atoms with Gasteiger partial charge in [-0.2, -0.15) is 10.2 Å². The van der Waals surface area contributed by atoms with E-state index in [0.29, 0.717) is 6.04 Å². The first kappa shape index (κ1) is 14.3. The van der Waals surface area contributed by atoms with Gasteiger partial charge in [0.1, 0.15) is 5.82 Å². The van der Waals surface area contributed by atoms with Crippen LogP contribution in [0.3, 0.4) is 0 Å². The van der Waals surface area contributed by atoms with Crippen molar-refractivity contribution in [2.45, 2.75) is 58.5 Å². The number of hydrogen-bond acceptors (Lipinski definition) is 4. The lowest BCUT2D eigenvalue weighted by Gasteiger charge is -2.21. The molecule has 0 saturated carbocycles. The minimum Gasteiger partial charge on any atom is -0.287 e. The van der Waals surface area contributed by atoms with Crippen LogP contribution in [-0.4, -0.2) is 36.8 Å². The Hall–Kier alpha value is -1.69. The monoisotopic (exact) mass is 288 g/mol. The third kappa shape index (κ3) is 3.00. The van der Waals surface area contributed by atoms with Gasteiger partial charge < -0.3 is 0 Å². The lowest BCUT2D eigenvalue weighted by molar-refractivity contribution is 0.237. The minimum absolute atomic E-state index is 0.0834. The van der Waals surface area contributed by atoms with E-state index in [1.807, 2.05) is 6.92 Å². The average Bonchev–Trinajstić information content (AvgIpc) is 3.08. The first-order valence-electron chi connectivity index (χ1n) is 7.61. The second-order valence-corrected chi connectivity index (χ2v) is 6.94. The summed E-state index contributed by atoms with van der Waals surface area (Å²) in [6.07, 6.45) is 2.32. The molecule has 2 aromatic heterocycles. The van der Waals surface area contributed by atoms with Gasteiger partial charge in [0.2, 0.25) is 0 Å². The van der Waals surface area contributed by atoms with E-state index in [0.717, 1.165) is 36.9 Å². The third-order valence-electron chi connectivity index (χ3n) is 4.05. The van der Waals surface area contributed by atoms with E-state index in [1.165, 1.54) is 12.1 Å². The summed E-state index contributed by atoms with van der Waals surface area (Å²) in [6, 6.07) is 2.50. The third-order valence-corrected chi connectivity index (χ3v) is 4.05. The van der Waals surface area contributed by atoms with Crippen LogP contribution in [0.2, 0.25) is 0 Å². The van der Waals surface area contributed by atoms with Crippen LogP contribution >= 0.6 is 0 Å². The van der Waals surface area contributed by atoms with Gasteiger partial charge >= 0.3 is 0 Å². The molecular weight excluding hydrogens is 264 g/mol.